The Morgan fingerprint density at radius 2 is 0.986 bits per heavy atom. The van der Waals surface area contributed by atoms with Crippen molar-refractivity contribution in [2.75, 3.05) is 9.80 Å². The minimum atomic E-state index is 0.186. The van der Waals surface area contributed by atoms with E-state index in [2.05, 4.69) is 174 Å². The number of phenolic OH excluding ortho intramolecular Hbond substituents is 2. The molecule has 7 heteroatoms. The van der Waals surface area contributed by atoms with Gasteiger partial charge in [-0.2, -0.15) is 0 Å². The fourth-order valence-corrected chi connectivity index (χ4v) is 10.4. The van der Waals surface area contributed by atoms with Crippen molar-refractivity contribution in [3.8, 4) is 22.9 Å². The Bertz CT molecular complexity index is 3860. The van der Waals surface area contributed by atoms with E-state index in [4.69, 9.17) is 0 Å². The Kier molecular flexibility index (Phi) is 12.8. The molecule has 2 N–H and O–H groups in total. The molecule has 7 nitrogen and oxygen atoms in total. The molecule has 0 spiro atoms. The van der Waals surface area contributed by atoms with E-state index in [9.17, 15) is 10.2 Å². The molecule has 0 aliphatic carbocycles. The Morgan fingerprint density at radius 1 is 0.493 bits per heavy atom. The second-order valence-electron chi connectivity index (χ2n) is 18.0. The lowest BCUT2D eigenvalue weighted by atomic mass is 10.1. The van der Waals surface area contributed by atoms with Crippen LogP contribution in [0, 0.1) is 6.92 Å². The predicted octanol–water partition coefficient (Wildman–Crippen LogP) is 17.9. The molecule has 7 aromatic carbocycles. The Morgan fingerprint density at radius 3 is 1.53 bits per heavy atom. The molecule has 0 saturated carbocycles. The molecule has 3 heterocycles. The first kappa shape index (κ1) is 47.2. The predicted molar refractivity (Wildman–Crippen MR) is 312 cm³/mol. The number of benzene rings is 7. The quantitative estimate of drug-likeness (QED) is 0.101. The molecule has 0 saturated heterocycles. The second-order valence-corrected chi connectivity index (χ2v) is 18.0. The molecule has 0 radical (unpaired) electrons. The molecule has 10 aromatic rings. The lowest BCUT2D eigenvalue weighted by molar-refractivity contribution is 0.475. The van der Waals surface area contributed by atoms with E-state index < -0.39 is 0 Å². The monoisotopic (exact) mass is 951 g/mol. The number of hydrogen-bond donors (Lipinski definition) is 2. The van der Waals surface area contributed by atoms with Crippen LogP contribution in [0.15, 0.2) is 214 Å². The maximum absolute atomic E-state index is 10.5. The summed E-state index contributed by atoms with van der Waals surface area (Å²) in [6.45, 7) is 25.3. The summed E-state index contributed by atoms with van der Waals surface area (Å²) in [6, 6.07) is 55.3. The van der Waals surface area contributed by atoms with Crippen molar-refractivity contribution in [3.05, 3.63) is 248 Å². The first-order valence-electron chi connectivity index (χ1n) is 24.4. The number of nitrogens with zero attached hydrogens (tertiary/aromatic N) is 5. The number of phenols is 2. The number of aromatic hydroxyl groups is 2. The fourth-order valence-electron chi connectivity index (χ4n) is 10.4. The van der Waals surface area contributed by atoms with Gasteiger partial charge in [-0.3, -0.25) is 0 Å². The Balaban J connectivity index is 1.20. The van der Waals surface area contributed by atoms with Crippen molar-refractivity contribution in [1.82, 2.24) is 13.7 Å². The number of fused-ring (bicyclic) bond motifs is 4. The van der Waals surface area contributed by atoms with E-state index in [1.807, 2.05) is 91.9 Å². The largest absolute Gasteiger partial charge is 0.508 e. The van der Waals surface area contributed by atoms with Gasteiger partial charge in [0.05, 0.1) is 27.9 Å². The number of hydrogen-bond acceptors (Lipinski definition) is 4. The van der Waals surface area contributed by atoms with Gasteiger partial charge in [0.25, 0.3) is 0 Å². The average Bonchev–Trinajstić information content (AvgIpc) is 4.02. The lowest BCUT2D eigenvalue weighted by Crippen LogP contribution is -2.14. The molecule has 358 valence electrons. The average molecular weight is 952 g/mol. The van der Waals surface area contributed by atoms with Crippen molar-refractivity contribution >= 4 is 97.2 Å². The van der Waals surface area contributed by atoms with Crippen LogP contribution >= 0.6 is 0 Å². The zero-order chi connectivity index (χ0) is 50.9. The van der Waals surface area contributed by atoms with Gasteiger partial charge in [0, 0.05) is 89.7 Å². The maximum atomic E-state index is 10.5. The first-order valence-corrected chi connectivity index (χ1v) is 24.4. The van der Waals surface area contributed by atoms with Gasteiger partial charge in [-0.05, 0) is 179 Å². The Hall–Kier alpha value is -9.46. The van der Waals surface area contributed by atoms with Gasteiger partial charge in [-0.25, -0.2) is 0 Å². The maximum Gasteiger partial charge on any atom is 0.115 e. The zero-order valence-electron chi connectivity index (χ0n) is 41.7. The first-order chi connectivity index (χ1) is 35.6. The molecule has 0 bridgehead atoms. The summed E-state index contributed by atoms with van der Waals surface area (Å²) < 4.78 is 6.78. The smallest absolute Gasteiger partial charge is 0.115 e. The van der Waals surface area contributed by atoms with E-state index >= 15 is 0 Å². The van der Waals surface area contributed by atoms with E-state index in [1.54, 1.807) is 24.3 Å². The van der Waals surface area contributed by atoms with E-state index in [1.165, 1.54) is 0 Å². The molecular weight excluding hydrogens is 895 g/mol. The van der Waals surface area contributed by atoms with Crippen molar-refractivity contribution in [2.24, 2.45) is 0 Å². The fraction of sp³-hybridized carbons (Fsp3) is 0.0606. The summed E-state index contributed by atoms with van der Waals surface area (Å²) in [5.74, 6) is 0.374. The number of aromatic nitrogens is 3. The van der Waals surface area contributed by atoms with Crippen LogP contribution in [0.4, 0.5) is 28.4 Å². The second kappa shape index (κ2) is 19.7. The SMILES string of the molecule is C=Cc1c(/C=C(\C)N(c2ccc(O)cc2)c2ccc3c(c2)c2cc(N(c4ccc(O)cc4)c4ccc5c(c4)c(C=C)c(C=C)n5/C(C)=C/C=C\C)ccc2n3-c2ccccc2)c(C)n(-c2ccccc2)c1C=C. The molecule has 0 unspecified atom stereocenters. The van der Waals surface area contributed by atoms with Crippen molar-refractivity contribution in [3.63, 3.8) is 0 Å². The summed E-state index contributed by atoms with van der Waals surface area (Å²) >= 11 is 0. The van der Waals surface area contributed by atoms with Crippen molar-refractivity contribution in [1.29, 1.82) is 0 Å². The third kappa shape index (κ3) is 8.36. The van der Waals surface area contributed by atoms with Crippen LogP contribution in [0.2, 0.25) is 0 Å². The molecule has 0 aliphatic rings. The van der Waals surface area contributed by atoms with Gasteiger partial charge < -0.3 is 33.7 Å². The van der Waals surface area contributed by atoms with Gasteiger partial charge in [0.1, 0.15) is 11.5 Å². The lowest BCUT2D eigenvalue weighted by Gasteiger charge is -2.27. The molecule has 0 amide bonds. The molecule has 0 atom stereocenters. The highest BCUT2D eigenvalue weighted by molar-refractivity contribution is 6.12. The standard InChI is InChI=1S/C66H57N5O2/c1-9-14-21-44(6)68-62(12-4)57(11-3)59-42-52(31-37-64(59)68)70(50-28-35-55(73)36-29-50)53-32-39-66-61(43-53)60-41-51(30-38-65(60)71(66)48-24-19-16-20-25-48)67(49-26-33-54(72)34-27-49)45(7)40-58-46(8)69(47-22-17-15-18-23-47)63(13-5)56(58)10-2/h9-43,72-73H,2-5H2,1,6-8H3/b14-9-,44-21+,45-40+. The van der Waals surface area contributed by atoms with Crippen LogP contribution in [0.1, 0.15) is 54.5 Å². The van der Waals surface area contributed by atoms with Crippen LogP contribution in [0.3, 0.4) is 0 Å². The number of rotatable bonds is 15. The molecular formula is C66H57N5O2. The van der Waals surface area contributed by atoms with E-state index in [0.29, 0.717) is 0 Å². The van der Waals surface area contributed by atoms with Crippen molar-refractivity contribution < 1.29 is 10.2 Å². The van der Waals surface area contributed by atoms with E-state index in [-0.39, 0.29) is 11.5 Å². The van der Waals surface area contributed by atoms with Gasteiger partial charge in [0.2, 0.25) is 0 Å². The minimum absolute atomic E-state index is 0.186. The number of para-hydroxylation sites is 2. The van der Waals surface area contributed by atoms with Crippen LogP contribution < -0.4 is 9.80 Å². The topological polar surface area (TPSA) is 61.7 Å². The highest BCUT2D eigenvalue weighted by Gasteiger charge is 2.24. The summed E-state index contributed by atoms with van der Waals surface area (Å²) in [4.78, 5) is 4.48. The highest BCUT2D eigenvalue weighted by atomic mass is 16.3. The third-order valence-corrected chi connectivity index (χ3v) is 13.7. The van der Waals surface area contributed by atoms with Gasteiger partial charge in [0.15, 0.2) is 0 Å². The molecule has 0 aliphatic heterocycles. The molecule has 73 heavy (non-hydrogen) atoms. The number of anilines is 5. The molecule has 0 fully saturated rings. The van der Waals surface area contributed by atoms with Crippen LogP contribution in [-0.2, 0) is 0 Å². The van der Waals surface area contributed by atoms with E-state index in [0.717, 1.165) is 118 Å². The van der Waals surface area contributed by atoms with Gasteiger partial charge in [-0.15, -0.1) is 0 Å². The summed E-state index contributed by atoms with van der Waals surface area (Å²) in [7, 11) is 0. The summed E-state index contributed by atoms with van der Waals surface area (Å²) in [5, 5.41) is 24.2. The van der Waals surface area contributed by atoms with Crippen LogP contribution in [0.5, 0.6) is 11.5 Å². The molecule has 10 rings (SSSR count). The molecule has 3 aromatic heterocycles. The normalized spacial score (nSPS) is 12.0. The highest BCUT2D eigenvalue weighted by Crippen LogP contribution is 2.44. The van der Waals surface area contributed by atoms with Crippen LogP contribution in [-0.4, -0.2) is 23.9 Å². The van der Waals surface area contributed by atoms with Gasteiger partial charge >= 0.3 is 0 Å². The van der Waals surface area contributed by atoms with Crippen LogP contribution in [0.25, 0.3) is 80.2 Å². The Labute approximate surface area is 427 Å². The van der Waals surface area contributed by atoms with Gasteiger partial charge in [-0.1, -0.05) is 87.0 Å². The summed E-state index contributed by atoms with van der Waals surface area (Å²) in [6.07, 6.45) is 16.0. The summed E-state index contributed by atoms with van der Waals surface area (Å²) in [5.41, 5.74) is 17.8. The minimum Gasteiger partial charge on any atom is -0.508 e. The van der Waals surface area contributed by atoms with Crippen molar-refractivity contribution in [2.45, 2.75) is 27.7 Å². The third-order valence-electron chi connectivity index (χ3n) is 13.7. The zero-order valence-corrected chi connectivity index (χ0v) is 41.7. The number of allylic oxidation sites excluding steroid dienone is 5.